The zero-order valence-corrected chi connectivity index (χ0v) is 11.9. The molecule has 5 nitrogen and oxygen atoms in total. The van der Waals surface area contributed by atoms with Crippen molar-refractivity contribution in [3.63, 3.8) is 0 Å². The van der Waals surface area contributed by atoms with Crippen LogP contribution in [0.3, 0.4) is 0 Å². The number of thiazole rings is 1. The third-order valence-corrected chi connectivity index (χ3v) is 2.76. The van der Waals surface area contributed by atoms with E-state index < -0.39 is 0 Å². The van der Waals surface area contributed by atoms with Gasteiger partial charge in [0.15, 0.2) is 10.8 Å². The third kappa shape index (κ3) is 5.46. The van der Waals surface area contributed by atoms with Crippen LogP contribution in [0.15, 0.2) is 5.38 Å². The molecule has 0 aliphatic carbocycles. The molecule has 1 aromatic rings. The molecule has 6 heteroatoms. The van der Waals surface area contributed by atoms with Crippen LogP contribution >= 0.6 is 11.3 Å². The van der Waals surface area contributed by atoms with Gasteiger partial charge in [-0.15, -0.1) is 11.3 Å². The summed E-state index contributed by atoms with van der Waals surface area (Å²) in [6, 6.07) is 0. The van der Waals surface area contributed by atoms with Crippen molar-refractivity contribution in [1.29, 1.82) is 0 Å². The summed E-state index contributed by atoms with van der Waals surface area (Å²) in [6.45, 7) is 8.43. The molecular weight excluding hydrogens is 252 g/mol. The van der Waals surface area contributed by atoms with Crippen LogP contribution in [0.5, 0.6) is 0 Å². The third-order valence-electron chi connectivity index (χ3n) is 1.96. The minimum atomic E-state index is -0.377. The summed E-state index contributed by atoms with van der Waals surface area (Å²) in [5.74, 6) is 0.165. The van der Waals surface area contributed by atoms with Crippen LogP contribution in [0.1, 0.15) is 31.3 Å². The first-order chi connectivity index (χ1) is 8.63. The van der Waals surface area contributed by atoms with Crippen LogP contribution in [-0.2, 0) is 9.47 Å². The van der Waals surface area contributed by atoms with Crippen LogP contribution in [0.25, 0.3) is 0 Å². The Bertz CT molecular complexity index is 366. The van der Waals surface area contributed by atoms with Crippen molar-refractivity contribution in [3.05, 3.63) is 11.1 Å². The van der Waals surface area contributed by atoms with Gasteiger partial charge < -0.3 is 14.8 Å². The summed E-state index contributed by atoms with van der Waals surface area (Å²) in [6.07, 6.45) is 0. The number of nitrogens with one attached hydrogen (secondary N) is 1. The van der Waals surface area contributed by atoms with E-state index in [1.807, 2.05) is 0 Å². The van der Waals surface area contributed by atoms with Crippen LogP contribution in [-0.4, -0.2) is 37.3 Å². The normalized spacial score (nSPS) is 10.7. The largest absolute Gasteiger partial charge is 0.461 e. The monoisotopic (exact) mass is 272 g/mol. The second kappa shape index (κ2) is 8.05. The Morgan fingerprint density at radius 3 is 3.00 bits per heavy atom. The van der Waals surface area contributed by atoms with E-state index in [9.17, 15) is 4.79 Å². The van der Waals surface area contributed by atoms with Crippen LogP contribution in [0.4, 0.5) is 5.13 Å². The van der Waals surface area contributed by atoms with E-state index in [1.54, 1.807) is 12.3 Å². The average molecular weight is 272 g/mol. The van der Waals surface area contributed by atoms with Crippen molar-refractivity contribution >= 4 is 22.4 Å². The van der Waals surface area contributed by atoms with Gasteiger partial charge in [-0.1, -0.05) is 13.8 Å². The van der Waals surface area contributed by atoms with E-state index in [0.717, 1.165) is 6.61 Å². The number of hydrogen-bond donors (Lipinski definition) is 1. The first-order valence-corrected chi connectivity index (χ1v) is 6.95. The Kier molecular flexibility index (Phi) is 6.67. The number of esters is 1. The predicted molar refractivity (Wildman–Crippen MR) is 72.2 cm³/mol. The molecular formula is C12H20N2O3S. The number of rotatable bonds is 8. The van der Waals surface area contributed by atoms with Gasteiger partial charge in [0, 0.05) is 18.5 Å². The van der Waals surface area contributed by atoms with Crippen molar-refractivity contribution in [1.82, 2.24) is 4.98 Å². The van der Waals surface area contributed by atoms with Crippen molar-refractivity contribution in [2.75, 3.05) is 31.7 Å². The Morgan fingerprint density at radius 2 is 2.33 bits per heavy atom. The molecule has 1 aromatic heterocycles. The van der Waals surface area contributed by atoms with E-state index >= 15 is 0 Å². The van der Waals surface area contributed by atoms with Gasteiger partial charge in [-0.2, -0.15) is 0 Å². The first kappa shape index (κ1) is 14.9. The van der Waals surface area contributed by atoms with Gasteiger partial charge >= 0.3 is 5.97 Å². The molecule has 0 amide bonds. The van der Waals surface area contributed by atoms with Gasteiger partial charge in [0.25, 0.3) is 0 Å². The molecule has 0 unspecified atom stereocenters. The number of nitrogens with zero attached hydrogens (tertiary/aromatic N) is 1. The summed E-state index contributed by atoms with van der Waals surface area (Å²) in [5, 5.41) is 5.51. The zero-order chi connectivity index (χ0) is 13.4. The number of anilines is 1. The van der Waals surface area contributed by atoms with Crippen molar-refractivity contribution in [3.8, 4) is 0 Å². The molecule has 102 valence electrons. The minimum absolute atomic E-state index is 0.354. The molecule has 0 atom stereocenters. The fourth-order valence-electron chi connectivity index (χ4n) is 1.20. The van der Waals surface area contributed by atoms with Gasteiger partial charge in [0.2, 0.25) is 0 Å². The summed E-state index contributed by atoms with van der Waals surface area (Å²) in [5.41, 5.74) is 0.354. The molecule has 0 aliphatic heterocycles. The number of hydrogen-bond acceptors (Lipinski definition) is 6. The maximum absolute atomic E-state index is 11.4. The van der Waals surface area contributed by atoms with Gasteiger partial charge in [-0.3, -0.25) is 0 Å². The number of carbonyl (C=O) groups is 1. The Hall–Kier alpha value is -1.14. The smallest absolute Gasteiger partial charge is 0.357 e. The maximum Gasteiger partial charge on any atom is 0.357 e. The molecule has 0 saturated carbocycles. The van der Waals surface area contributed by atoms with E-state index in [-0.39, 0.29) is 5.97 Å². The number of aromatic nitrogens is 1. The predicted octanol–water partition coefficient (Wildman–Crippen LogP) is 2.40. The van der Waals surface area contributed by atoms with Crippen LogP contribution in [0, 0.1) is 5.92 Å². The Balaban J connectivity index is 2.25. The molecule has 0 aliphatic rings. The molecule has 1 heterocycles. The second-order valence-corrected chi connectivity index (χ2v) is 5.01. The standard InChI is InChI=1S/C12H20N2O3S/c1-4-17-11(15)10-8-18-12(14-10)13-5-6-16-7-9(2)3/h8-9H,4-7H2,1-3H3,(H,13,14). The fraction of sp³-hybridized carbons (Fsp3) is 0.667. The van der Waals surface area contributed by atoms with Crippen molar-refractivity contribution in [2.24, 2.45) is 5.92 Å². The maximum atomic E-state index is 11.4. The zero-order valence-electron chi connectivity index (χ0n) is 11.1. The molecule has 0 fully saturated rings. The summed E-state index contributed by atoms with van der Waals surface area (Å²) < 4.78 is 10.3. The van der Waals surface area contributed by atoms with Gasteiger partial charge in [-0.05, 0) is 12.8 Å². The molecule has 0 spiro atoms. The molecule has 1 rings (SSSR count). The van der Waals surface area contributed by atoms with Gasteiger partial charge in [0.1, 0.15) is 0 Å². The van der Waals surface area contributed by atoms with E-state index in [2.05, 4.69) is 24.1 Å². The van der Waals surface area contributed by atoms with Gasteiger partial charge in [-0.25, -0.2) is 9.78 Å². The van der Waals surface area contributed by atoms with Crippen molar-refractivity contribution in [2.45, 2.75) is 20.8 Å². The average Bonchev–Trinajstić information content (AvgIpc) is 2.77. The minimum Gasteiger partial charge on any atom is -0.461 e. The lowest BCUT2D eigenvalue weighted by Gasteiger charge is -2.06. The highest BCUT2D eigenvalue weighted by molar-refractivity contribution is 7.13. The van der Waals surface area contributed by atoms with Crippen molar-refractivity contribution < 1.29 is 14.3 Å². The van der Waals surface area contributed by atoms with Gasteiger partial charge in [0.05, 0.1) is 13.2 Å². The molecule has 0 bridgehead atoms. The topological polar surface area (TPSA) is 60.5 Å². The summed E-state index contributed by atoms with van der Waals surface area (Å²) >= 11 is 1.39. The lowest BCUT2D eigenvalue weighted by molar-refractivity contribution is 0.0520. The van der Waals surface area contributed by atoms with E-state index in [4.69, 9.17) is 9.47 Å². The van der Waals surface area contributed by atoms with Crippen LogP contribution < -0.4 is 5.32 Å². The summed E-state index contributed by atoms with van der Waals surface area (Å²) in [4.78, 5) is 15.5. The highest BCUT2D eigenvalue weighted by atomic mass is 32.1. The highest BCUT2D eigenvalue weighted by Crippen LogP contribution is 2.15. The molecule has 18 heavy (non-hydrogen) atoms. The molecule has 0 radical (unpaired) electrons. The van der Waals surface area contributed by atoms with E-state index in [1.165, 1.54) is 11.3 Å². The molecule has 0 aromatic carbocycles. The van der Waals surface area contributed by atoms with E-state index in [0.29, 0.717) is 36.5 Å². The number of carbonyl (C=O) groups excluding carboxylic acids is 1. The fourth-order valence-corrected chi connectivity index (χ4v) is 1.91. The summed E-state index contributed by atoms with van der Waals surface area (Å²) in [7, 11) is 0. The molecule has 1 N–H and O–H groups in total. The highest BCUT2D eigenvalue weighted by Gasteiger charge is 2.10. The lowest BCUT2D eigenvalue weighted by Crippen LogP contribution is -2.12. The molecule has 0 saturated heterocycles. The lowest BCUT2D eigenvalue weighted by atomic mass is 10.2. The first-order valence-electron chi connectivity index (χ1n) is 6.07. The van der Waals surface area contributed by atoms with Crippen LogP contribution in [0.2, 0.25) is 0 Å². The SMILES string of the molecule is CCOC(=O)c1csc(NCCOCC(C)C)n1. The second-order valence-electron chi connectivity index (χ2n) is 4.15. The Labute approximate surface area is 112 Å². The Morgan fingerprint density at radius 1 is 1.56 bits per heavy atom. The number of ether oxygens (including phenoxy) is 2. The quantitative estimate of drug-likeness (QED) is 0.581.